The first-order valence-electron chi connectivity index (χ1n) is 6.23. The van der Waals surface area contributed by atoms with E-state index in [1.807, 2.05) is 30.3 Å². The molecule has 2 N–H and O–H groups in total. The van der Waals surface area contributed by atoms with Crippen LogP contribution in [0, 0.1) is 13.8 Å². The molecule has 0 saturated carbocycles. The summed E-state index contributed by atoms with van der Waals surface area (Å²) < 4.78 is 11.2. The molecule has 0 spiro atoms. The summed E-state index contributed by atoms with van der Waals surface area (Å²) in [7, 11) is 1.65. The van der Waals surface area contributed by atoms with Crippen LogP contribution in [0.25, 0.3) is 0 Å². The Morgan fingerprint density at radius 3 is 2.58 bits per heavy atom. The van der Waals surface area contributed by atoms with Gasteiger partial charge in [0.05, 0.1) is 7.11 Å². The Morgan fingerprint density at radius 1 is 1.05 bits per heavy atom. The maximum atomic E-state index is 5.87. The van der Waals surface area contributed by atoms with E-state index in [2.05, 4.69) is 19.9 Å². The van der Waals surface area contributed by atoms with Crippen LogP contribution in [0.4, 0.5) is 5.69 Å². The molecule has 3 nitrogen and oxygen atoms in total. The van der Waals surface area contributed by atoms with Crippen LogP contribution in [-0.4, -0.2) is 7.11 Å². The highest BCUT2D eigenvalue weighted by atomic mass is 16.5. The van der Waals surface area contributed by atoms with Gasteiger partial charge in [0, 0.05) is 11.3 Å². The van der Waals surface area contributed by atoms with Crippen LogP contribution < -0.4 is 15.2 Å². The smallest absolute Gasteiger partial charge is 0.125 e. The van der Waals surface area contributed by atoms with Crippen molar-refractivity contribution < 1.29 is 9.47 Å². The van der Waals surface area contributed by atoms with Crippen molar-refractivity contribution in [1.29, 1.82) is 0 Å². The first kappa shape index (κ1) is 13.3. The molecule has 0 aliphatic carbocycles. The Morgan fingerprint density at radius 2 is 1.84 bits per heavy atom. The number of anilines is 1. The summed E-state index contributed by atoms with van der Waals surface area (Å²) in [4.78, 5) is 0. The summed E-state index contributed by atoms with van der Waals surface area (Å²) >= 11 is 0. The van der Waals surface area contributed by atoms with Crippen molar-refractivity contribution in [2.24, 2.45) is 0 Å². The van der Waals surface area contributed by atoms with E-state index < -0.39 is 0 Å². The standard InChI is InChI=1S/C16H19NO2/c1-11-5-4-6-15(12(11)2)19-10-13-9-14(17)7-8-16(13)18-3/h4-9H,10,17H2,1-3H3. The molecular weight excluding hydrogens is 238 g/mol. The SMILES string of the molecule is COc1ccc(N)cc1COc1cccc(C)c1C. The van der Waals surface area contributed by atoms with Crippen LogP contribution in [0.2, 0.25) is 0 Å². The normalized spacial score (nSPS) is 10.3. The number of benzene rings is 2. The number of methoxy groups -OCH3 is 1. The van der Waals surface area contributed by atoms with Crippen molar-refractivity contribution >= 4 is 5.69 Å². The fourth-order valence-corrected chi connectivity index (χ4v) is 1.95. The highest BCUT2D eigenvalue weighted by Crippen LogP contribution is 2.25. The summed E-state index contributed by atoms with van der Waals surface area (Å²) in [5, 5.41) is 0. The van der Waals surface area contributed by atoms with E-state index in [4.69, 9.17) is 15.2 Å². The van der Waals surface area contributed by atoms with Gasteiger partial charge in [0.2, 0.25) is 0 Å². The van der Waals surface area contributed by atoms with Gasteiger partial charge in [0.15, 0.2) is 0 Å². The Bertz CT molecular complexity index is 579. The second kappa shape index (κ2) is 5.65. The van der Waals surface area contributed by atoms with Crippen molar-refractivity contribution in [3.8, 4) is 11.5 Å². The molecular formula is C16H19NO2. The van der Waals surface area contributed by atoms with E-state index in [9.17, 15) is 0 Å². The molecule has 100 valence electrons. The zero-order chi connectivity index (χ0) is 13.8. The predicted molar refractivity (Wildman–Crippen MR) is 77.7 cm³/mol. The minimum absolute atomic E-state index is 0.443. The second-order valence-corrected chi connectivity index (χ2v) is 4.56. The minimum atomic E-state index is 0.443. The lowest BCUT2D eigenvalue weighted by molar-refractivity contribution is 0.294. The van der Waals surface area contributed by atoms with Crippen LogP contribution in [-0.2, 0) is 6.61 Å². The maximum absolute atomic E-state index is 5.87. The van der Waals surface area contributed by atoms with Crippen LogP contribution in [0.1, 0.15) is 16.7 Å². The van der Waals surface area contributed by atoms with Gasteiger partial charge in [0.1, 0.15) is 18.1 Å². The van der Waals surface area contributed by atoms with E-state index >= 15 is 0 Å². The van der Waals surface area contributed by atoms with Gasteiger partial charge < -0.3 is 15.2 Å². The third-order valence-corrected chi connectivity index (χ3v) is 3.24. The number of aryl methyl sites for hydroxylation is 1. The summed E-state index contributed by atoms with van der Waals surface area (Å²) in [5.41, 5.74) is 9.83. The van der Waals surface area contributed by atoms with E-state index in [1.54, 1.807) is 7.11 Å². The van der Waals surface area contributed by atoms with E-state index in [-0.39, 0.29) is 0 Å². The third-order valence-electron chi connectivity index (χ3n) is 3.24. The first-order valence-corrected chi connectivity index (χ1v) is 6.23. The van der Waals surface area contributed by atoms with Crippen molar-refractivity contribution in [3.05, 3.63) is 53.1 Å². The third kappa shape index (κ3) is 2.99. The van der Waals surface area contributed by atoms with Gasteiger partial charge in [-0.1, -0.05) is 12.1 Å². The Balaban J connectivity index is 2.18. The van der Waals surface area contributed by atoms with Gasteiger partial charge in [-0.2, -0.15) is 0 Å². The van der Waals surface area contributed by atoms with Crippen molar-refractivity contribution in [3.63, 3.8) is 0 Å². The van der Waals surface area contributed by atoms with Crippen molar-refractivity contribution in [2.75, 3.05) is 12.8 Å². The Labute approximate surface area is 114 Å². The van der Waals surface area contributed by atoms with E-state index in [0.29, 0.717) is 12.3 Å². The average Bonchev–Trinajstić information content (AvgIpc) is 2.40. The zero-order valence-electron chi connectivity index (χ0n) is 11.6. The molecule has 0 saturated heterocycles. The lowest BCUT2D eigenvalue weighted by Gasteiger charge is -2.13. The highest BCUT2D eigenvalue weighted by Gasteiger charge is 2.06. The van der Waals surface area contributed by atoms with Gasteiger partial charge in [-0.05, 0) is 49.2 Å². The quantitative estimate of drug-likeness (QED) is 0.853. The molecule has 2 rings (SSSR count). The lowest BCUT2D eigenvalue weighted by Crippen LogP contribution is -2.01. The number of rotatable bonds is 4. The highest BCUT2D eigenvalue weighted by molar-refractivity contribution is 5.48. The van der Waals surface area contributed by atoms with Gasteiger partial charge in [0.25, 0.3) is 0 Å². The number of hydrogen-bond donors (Lipinski definition) is 1. The van der Waals surface area contributed by atoms with Crippen molar-refractivity contribution in [2.45, 2.75) is 20.5 Å². The number of hydrogen-bond acceptors (Lipinski definition) is 3. The van der Waals surface area contributed by atoms with Gasteiger partial charge in [-0.25, -0.2) is 0 Å². The topological polar surface area (TPSA) is 44.5 Å². The molecule has 0 aromatic heterocycles. The second-order valence-electron chi connectivity index (χ2n) is 4.56. The van der Waals surface area contributed by atoms with Crippen molar-refractivity contribution in [1.82, 2.24) is 0 Å². The average molecular weight is 257 g/mol. The number of ether oxygens (including phenoxy) is 2. The molecule has 0 bridgehead atoms. The maximum Gasteiger partial charge on any atom is 0.125 e. The number of nitrogen functional groups attached to an aromatic ring is 1. The molecule has 0 atom stereocenters. The van der Waals surface area contributed by atoms with E-state index in [1.165, 1.54) is 5.56 Å². The molecule has 0 aliphatic rings. The fraction of sp³-hybridized carbons (Fsp3) is 0.250. The monoisotopic (exact) mass is 257 g/mol. The molecule has 19 heavy (non-hydrogen) atoms. The fourth-order valence-electron chi connectivity index (χ4n) is 1.95. The molecule has 0 radical (unpaired) electrons. The first-order chi connectivity index (χ1) is 9.11. The molecule has 0 unspecified atom stereocenters. The summed E-state index contributed by atoms with van der Waals surface area (Å²) in [5.74, 6) is 1.68. The molecule has 0 fully saturated rings. The molecule has 3 heteroatoms. The largest absolute Gasteiger partial charge is 0.496 e. The molecule has 0 amide bonds. The van der Waals surface area contributed by atoms with E-state index in [0.717, 1.165) is 22.6 Å². The molecule has 0 heterocycles. The van der Waals surface area contributed by atoms with Gasteiger partial charge >= 0.3 is 0 Å². The zero-order valence-corrected chi connectivity index (χ0v) is 11.6. The van der Waals surface area contributed by atoms with Crippen LogP contribution in [0.3, 0.4) is 0 Å². The Hall–Kier alpha value is -2.16. The summed E-state index contributed by atoms with van der Waals surface area (Å²) in [6.07, 6.45) is 0. The van der Waals surface area contributed by atoms with Crippen LogP contribution in [0.15, 0.2) is 36.4 Å². The minimum Gasteiger partial charge on any atom is -0.496 e. The summed E-state index contributed by atoms with van der Waals surface area (Å²) in [6.45, 7) is 4.57. The van der Waals surface area contributed by atoms with Crippen LogP contribution in [0.5, 0.6) is 11.5 Å². The van der Waals surface area contributed by atoms with Gasteiger partial charge in [-0.3, -0.25) is 0 Å². The number of nitrogens with two attached hydrogens (primary N) is 1. The van der Waals surface area contributed by atoms with Crippen LogP contribution >= 0.6 is 0 Å². The molecule has 2 aromatic rings. The summed E-state index contributed by atoms with van der Waals surface area (Å²) in [6, 6.07) is 11.6. The lowest BCUT2D eigenvalue weighted by atomic mass is 10.1. The predicted octanol–water partition coefficient (Wildman–Crippen LogP) is 3.47. The Kier molecular flexibility index (Phi) is 3.95. The van der Waals surface area contributed by atoms with Gasteiger partial charge in [-0.15, -0.1) is 0 Å². The molecule has 2 aromatic carbocycles. The molecule has 0 aliphatic heterocycles.